The molecule has 1 aromatic rings. The highest BCUT2D eigenvalue weighted by Gasteiger charge is 2.12. The van der Waals surface area contributed by atoms with Gasteiger partial charge in [0.15, 0.2) is 0 Å². The summed E-state index contributed by atoms with van der Waals surface area (Å²) in [4.78, 5) is 23.5. The van der Waals surface area contributed by atoms with Crippen molar-refractivity contribution in [2.24, 2.45) is 11.7 Å². The smallest absolute Gasteiger partial charge is 0.315 e. The lowest BCUT2D eigenvalue weighted by molar-refractivity contribution is -0.120. The molecule has 0 saturated carbocycles. The molecule has 0 aliphatic rings. The summed E-state index contributed by atoms with van der Waals surface area (Å²) in [6.45, 7) is 4.80. The molecular formula is C16H25ClN4O2. The van der Waals surface area contributed by atoms with Gasteiger partial charge in [-0.15, -0.1) is 0 Å². The molecule has 23 heavy (non-hydrogen) atoms. The number of urea groups is 1. The molecule has 0 spiro atoms. The summed E-state index contributed by atoms with van der Waals surface area (Å²) >= 11 is 5.79. The summed E-state index contributed by atoms with van der Waals surface area (Å²) < 4.78 is 0. The molecular weight excluding hydrogens is 316 g/mol. The molecule has 3 amide bonds. The molecule has 0 radical (unpaired) electrons. The summed E-state index contributed by atoms with van der Waals surface area (Å²) in [6, 6.07) is 6.70. The second-order valence-corrected chi connectivity index (χ2v) is 6.23. The van der Waals surface area contributed by atoms with Crippen molar-refractivity contribution < 1.29 is 9.59 Å². The minimum Gasteiger partial charge on any atom is -0.351 e. The third kappa shape index (κ3) is 8.42. The first-order valence-electron chi connectivity index (χ1n) is 7.66. The van der Waals surface area contributed by atoms with E-state index >= 15 is 0 Å². The van der Waals surface area contributed by atoms with Crippen LogP contribution in [0.25, 0.3) is 0 Å². The molecule has 0 fully saturated rings. The van der Waals surface area contributed by atoms with Crippen LogP contribution in [0.3, 0.4) is 0 Å². The summed E-state index contributed by atoms with van der Waals surface area (Å²) in [5.41, 5.74) is 6.55. The molecule has 1 atom stereocenters. The lowest BCUT2D eigenvalue weighted by atomic mass is 10.0. The highest BCUT2D eigenvalue weighted by molar-refractivity contribution is 6.30. The molecule has 1 unspecified atom stereocenters. The van der Waals surface area contributed by atoms with Crippen molar-refractivity contribution in [3.63, 3.8) is 0 Å². The van der Waals surface area contributed by atoms with E-state index in [1.165, 1.54) is 0 Å². The Bertz CT molecular complexity index is 505. The highest BCUT2D eigenvalue weighted by atomic mass is 35.5. The van der Waals surface area contributed by atoms with E-state index in [1.54, 1.807) is 12.1 Å². The molecule has 1 rings (SSSR count). The lowest BCUT2D eigenvalue weighted by Crippen LogP contribution is -2.47. The van der Waals surface area contributed by atoms with Crippen LogP contribution >= 0.6 is 11.6 Å². The standard InChI is InChI=1S/C16H25ClN4O2/c1-11(2)7-14(8-18)21-15(22)10-20-16(23)19-9-12-3-5-13(17)6-4-12/h3-6,11,14H,7-10,18H2,1-2H3,(H,21,22)(H2,19,20,23). The Labute approximate surface area is 142 Å². The number of rotatable bonds is 8. The van der Waals surface area contributed by atoms with Crippen molar-refractivity contribution in [2.45, 2.75) is 32.9 Å². The number of carbonyl (C=O) groups excluding carboxylic acids is 2. The number of amides is 3. The number of hydrogen-bond donors (Lipinski definition) is 4. The quantitative estimate of drug-likeness (QED) is 0.579. The zero-order valence-electron chi connectivity index (χ0n) is 13.6. The van der Waals surface area contributed by atoms with Gasteiger partial charge in [0.05, 0.1) is 6.54 Å². The van der Waals surface area contributed by atoms with E-state index in [1.807, 2.05) is 12.1 Å². The SMILES string of the molecule is CC(C)CC(CN)NC(=O)CNC(=O)NCc1ccc(Cl)cc1. The van der Waals surface area contributed by atoms with Crippen molar-refractivity contribution >= 4 is 23.5 Å². The minimum atomic E-state index is -0.400. The maximum Gasteiger partial charge on any atom is 0.315 e. The van der Waals surface area contributed by atoms with Crippen molar-refractivity contribution in [3.8, 4) is 0 Å². The predicted octanol–water partition coefficient (Wildman–Crippen LogP) is 1.63. The van der Waals surface area contributed by atoms with E-state index in [9.17, 15) is 9.59 Å². The van der Waals surface area contributed by atoms with Gasteiger partial charge in [0.25, 0.3) is 0 Å². The van der Waals surface area contributed by atoms with E-state index in [-0.39, 0.29) is 18.5 Å². The van der Waals surface area contributed by atoms with Crippen LogP contribution in [0, 0.1) is 5.92 Å². The molecule has 6 nitrogen and oxygen atoms in total. The average molecular weight is 341 g/mol. The van der Waals surface area contributed by atoms with Crippen molar-refractivity contribution in [3.05, 3.63) is 34.9 Å². The van der Waals surface area contributed by atoms with E-state index in [2.05, 4.69) is 29.8 Å². The summed E-state index contributed by atoms with van der Waals surface area (Å²) in [6.07, 6.45) is 0.811. The molecule has 0 aromatic heterocycles. The van der Waals surface area contributed by atoms with Crippen molar-refractivity contribution in [1.29, 1.82) is 0 Å². The van der Waals surface area contributed by atoms with Gasteiger partial charge in [-0.3, -0.25) is 4.79 Å². The Morgan fingerprint density at radius 1 is 1.17 bits per heavy atom. The Hall–Kier alpha value is -1.79. The van der Waals surface area contributed by atoms with E-state index in [4.69, 9.17) is 17.3 Å². The first kappa shape index (κ1) is 19.3. The fourth-order valence-electron chi connectivity index (χ4n) is 2.07. The molecule has 1 aromatic carbocycles. The van der Waals surface area contributed by atoms with E-state index in [0.29, 0.717) is 24.0 Å². The van der Waals surface area contributed by atoms with Crippen LogP contribution in [0.2, 0.25) is 5.02 Å². The predicted molar refractivity (Wildman–Crippen MR) is 92.1 cm³/mol. The summed E-state index contributed by atoms with van der Waals surface area (Å²) in [5, 5.41) is 8.65. The highest BCUT2D eigenvalue weighted by Crippen LogP contribution is 2.09. The molecule has 0 heterocycles. The van der Waals surface area contributed by atoms with E-state index < -0.39 is 6.03 Å². The average Bonchev–Trinajstić information content (AvgIpc) is 2.51. The first-order chi connectivity index (χ1) is 10.9. The zero-order chi connectivity index (χ0) is 17.2. The van der Waals surface area contributed by atoms with Gasteiger partial charge in [0, 0.05) is 24.2 Å². The number of benzene rings is 1. The monoisotopic (exact) mass is 340 g/mol. The van der Waals surface area contributed by atoms with Crippen LogP contribution < -0.4 is 21.7 Å². The minimum absolute atomic E-state index is 0.0681. The van der Waals surface area contributed by atoms with Crippen molar-refractivity contribution in [2.75, 3.05) is 13.1 Å². The van der Waals surface area contributed by atoms with Crippen molar-refractivity contribution in [1.82, 2.24) is 16.0 Å². The molecule has 7 heteroatoms. The maximum atomic E-state index is 11.8. The number of carbonyl (C=O) groups is 2. The molecule has 5 N–H and O–H groups in total. The van der Waals surface area contributed by atoms with Crippen LogP contribution in [0.15, 0.2) is 24.3 Å². The van der Waals surface area contributed by atoms with Gasteiger partial charge in [0.2, 0.25) is 5.91 Å². The van der Waals surface area contributed by atoms with Gasteiger partial charge < -0.3 is 21.7 Å². The van der Waals surface area contributed by atoms with Crippen LogP contribution in [0.5, 0.6) is 0 Å². The Morgan fingerprint density at radius 3 is 2.39 bits per heavy atom. The largest absolute Gasteiger partial charge is 0.351 e. The van der Waals surface area contributed by atoms with Crippen LogP contribution in [0.4, 0.5) is 4.79 Å². The number of hydrogen-bond acceptors (Lipinski definition) is 3. The molecule has 128 valence electrons. The van der Waals surface area contributed by atoms with Gasteiger partial charge in [-0.05, 0) is 30.0 Å². The second-order valence-electron chi connectivity index (χ2n) is 5.79. The topological polar surface area (TPSA) is 96.2 Å². The number of nitrogens with two attached hydrogens (primary N) is 1. The summed E-state index contributed by atoms with van der Waals surface area (Å²) in [5.74, 6) is 0.197. The zero-order valence-corrected chi connectivity index (χ0v) is 14.3. The fourth-order valence-corrected chi connectivity index (χ4v) is 2.20. The normalized spacial score (nSPS) is 11.9. The van der Waals surface area contributed by atoms with Gasteiger partial charge in [-0.2, -0.15) is 0 Å². The van der Waals surface area contributed by atoms with Gasteiger partial charge >= 0.3 is 6.03 Å². The van der Waals surface area contributed by atoms with E-state index in [0.717, 1.165) is 12.0 Å². The lowest BCUT2D eigenvalue weighted by Gasteiger charge is -2.19. The Morgan fingerprint density at radius 2 is 1.83 bits per heavy atom. The maximum absolute atomic E-state index is 11.8. The number of nitrogens with one attached hydrogen (secondary N) is 3. The molecule has 0 aliphatic carbocycles. The third-order valence-electron chi connectivity index (χ3n) is 3.18. The summed E-state index contributed by atoms with van der Waals surface area (Å²) in [7, 11) is 0. The molecule has 0 aliphatic heterocycles. The first-order valence-corrected chi connectivity index (χ1v) is 8.04. The van der Waals surface area contributed by atoms with Crippen LogP contribution in [-0.2, 0) is 11.3 Å². The third-order valence-corrected chi connectivity index (χ3v) is 3.43. The van der Waals surface area contributed by atoms with Gasteiger partial charge in [0.1, 0.15) is 0 Å². The van der Waals surface area contributed by atoms with Crippen LogP contribution in [0.1, 0.15) is 25.8 Å². The number of halogens is 1. The Balaban J connectivity index is 2.26. The van der Waals surface area contributed by atoms with Gasteiger partial charge in [-0.1, -0.05) is 37.6 Å². The Kier molecular flexibility index (Phi) is 8.43. The molecule has 0 bridgehead atoms. The second kappa shape index (κ2) is 10.1. The molecule has 0 saturated heterocycles. The fraction of sp³-hybridized carbons (Fsp3) is 0.500. The van der Waals surface area contributed by atoms with Crippen LogP contribution in [-0.4, -0.2) is 31.1 Å². The van der Waals surface area contributed by atoms with Gasteiger partial charge in [-0.25, -0.2) is 4.79 Å².